The molecule has 3 saturated heterocycles. The molecule has 0 aliphatic carbocycles. The summed E-state index contributed by atoms with van der Waals surface area (Å²) in [5, 5.41) is 7.14. The Kier molecular flexibility index (Phi) is 7.20. The highest BCUT2D eigenvalue weighted by Gasteiger charge is 2.55. The highest BCUT2D eigenvalue weighted by molar-refractivity contribution is 7.08. The number of imide groups is 1. The smallest absolute Gasteiger partial charge is 0.325 e. The van der Waals surface area contributed by atoms with Gasteiger partial charge < -0.3 is 15.1 Å². The van der Waals surface area contributed by atoms with Gasteiger partial charge in [-0.2, -0.15) is 11.3 Å². The lowest BCUT2D eigenvalue weighted by Gasteiger charge is -2.41. The quantitative estimate of drug-likeness (QED) is 0.605. The van der Waals surface area contributed by atoms with Crippen molar-refractivity contribution in [1.82, 2.24) is 20.0 Å². The number of amides is 4. The Morgan fingerprint density at radius 1 is 1.22 bits per heavy atom. The summed E-state index contributed by atoms with van der Waals surface area (Å²) >= 11 is 1.61. The molecule has 1 N–H and O–H groups in total. The van der Waals surface area contributed by atoms with E-state index in [0.717, 1.165) is 44.2 Å². The van der Waals surface area contributed by atoms with E-state index in [1.165, 1.54) is 11.3 Å². The predicted octanol–water partition coefficient (Wildman–Crippen LogP) is 3.10. The third-order valence-electron chi connectivity index (χ3n) is 7.68. The van der Waals surface area contributed by atoms with E-state index in [2.05, 4.69) is 24.2 Å². The van der Waals surface area contributed by atoms with Gasteiger partial charge >= 0.3 is 6.03 Å². The maximum absolute atomic E-state index is 13.6. The first kappa shape index (κ1) is 23.2. The molecule has 1 aromatic rings. The van der Waals surface area contributed by atoms with Crippen molar-refractivity contribution in [2.75, 3.05) is 33.2 Å². The zero-order valence-electron chi connectivity index (χ0n) is 19.3. The summed E-state index contributed by atoms with van der Waals surface area (Å²) in [4.78, 5) is 44.9. The number of carbonyl (C=O) groups is 3. The van der Waals surface area contributed by atoms with Gasteiger partial charge in [-0.15, -0.1) is 0 Å². The fourth-order valence-electron chi connectivity index (χ4n) is 5.82. The highest BCUT2D eigenvalue weighted by Crippen LogP contribution is 2.37. The summed E-state index contributed by atoms with van der Waals surface area (Å²) in [5.74, 6) is 0.173. The van der Waals surface area contributed by atoms with E-state index >= 15 is 0 Å². The van der Waals surface area contributed by atoms with E-state index in [9.17, 15) is 14.4 Å². The van der Waals surface area contributed by atoms with Gasteiger partial charge in [-0.25, -0.2) is 4.79 Å². The molecule has 0 spiro atoms. The van der Waals surface area contributed by atoms with Gasteiger partial charge in [-0.1, -0.05) is 13.3 Å². The van der Waals surface area contributed by atoms with E-state index in [0.29, 0.717) is 38.5 Å². The van der Waals surface area contributed by atoms with Crippen LogP contribution in [-0.4, -0.2) is 77.4 Å². The summed E-state index contributed by atoms with van der Waals surface area (Å²) < 4.78 is 0. The van der Waals surface area contributed by atoms with E-state index in [-0.39, 0.29) is 23.8 Å². The normalized spacial score (nSPS) is 27.4. The molecule has 176 valence electrons. The van der Waals surface area contributed by atoms with E-state index < -0.39 is 5.54 Å². The van der Waals surface area contributed by atoms with Gasteiger partial charge in [0, 0.05) is 25.7 Å². The second-order valence-corrected chi connectivity index (χ2v) is 10.4. The highest BCUT2D eigenvalue weighted by atomic mass is 32.1. The zero-order chi connectivity index (χ0) is 22.7. The number of urea groups is 1. The number of nitrogens with one attached hydrogen (secondary N) is 1. The van der Waals surface area contributed by atoms with Gasteiger partial charge in [0.05, 0.1) is 6.42 Å². The lowest BCUT2D eigenvalue weighted by atomic mass is 9.74. The van der Waals surface area contributed by atoms with Crippen molar-refractivity contribution in [3.8, 4) is 0 Å². The molecule has 4 heterocycles. The Morgan fingerprint density at radius 2 is 2.00 bits per heavy atom. The van der Waals surface area contributed by atoms with Gasteiger partial charge in [-0.05, 0) is 80.4 Å². The van der Waals surface area contributed by atoms with Gasteiger partial charge in [0.15, 0.2) is 0 Å². The molecule has 2 atom stereocenters. The minimum absolute atomic E-state index is 0.0481. The summed E-state index contributed by atoms with van der Waals surface area (Å²) in [5.41, 5.74) is 0.252. The van der Waals surface area contributed by atoms with Crippen LogP contribution < -0.4 is 5.32 Å². The number of nitrogens with zero attached hydrogens (tertiary/aromatic N) is 3. The van der Waals surface area contributed by atoms with Crippen molar-refractivity contribution in [1.29, 1.82) is 0 Å². The van der Waals surface area contributed by atoms with Crippen molar-refractivity contribution >= 4 is 29.2 Å². The van der Waals surface area contributed by atoms with Gasteiger partial charge in [-0.3, -0.25) is 14.5 Å². The fraction of sp³-hybridized carbons (Fsp3) is 0.708. The lowest BCUT2D eigenvalue weighted by Crippen LogP contribution is -2.56. The van der Waals surface area contributed by atoms with Gasteiger partial charge in [0.2, 0.25) is 5.91 Å². The number of likely N-dealkylation sites (tertiary alicyclic amines) is 2. The van der Waals surface area contributed by atoms with Crippen molar-refractivity contribution < 1.29 is 14.4 Å². The number of piperidine rings is 1. The minimum Gasteiger partial charge on any atom is -0.342 e. The van der Waals surface area contributed by atoms with Crippen molar-refractivity contribution in [2.24, 2.45) is 5.92 Å². The van der Waals surface area contributed by atoms with Crippen LogP contribution in [0.15, 0.2) is 16.8 Å². The molecule has 3 aliphatic rings. The molecule has 32 heavy (non-hydrogen) atoms. The molecule has 0 saturated carbocycles. The molecular formula is C24H36N4O3S. The van der Waals surface area contributed by atoms with Crippen molar-refractivity contribution in [2.45, 2.75) is 69.9 Å². The molecule has 0 radical (unpaired) electrons. The van der Waals surface area contributed by atoms with Crippen LogP contribution in [0.1, 0.15) is 57.4 Å². The van der Waals surface area contributed by atoms with Gasteiger partial charge in [0.1, 0.15) is 5.54 Å². The molecule has 3 fully saturated rings. The first-order chi connectivity index (χ1) is 15.4. The second kappa shape index (κ2) is 9.91. The monoisotopic (exact) mass is 460 g/mol. The number of thiophene rings is 1. The average Bonchev–Trinajstić information content (AvgIpc) is 3.49. The van der Waals surface area contributed by atoms with Crippen LogP contribution in [0.2, 0.25) is 0 Å². The number of carbonyl (C=O) groups excluding carboxylic acids is 3. The van der Waals surface area contributed by atoms with Crippen LogP contribution in [0.3, 0.4) is 0 Å². The minimum atomic E-state index is -0.810. The number of hydrogen-bond donors (Lipinski definition) is 1. The van der Waals surface area contributed by atoms with Crippen molar-refractivity contribution in [3.05, 3.63) is 22.4 Å². The molecule has 1 aromatic heterocycles. The molecule has 3 aliphatic heterocycles. The molecule has 4 amide bonds. The Bertz CT molecular complexity index is 821. The molecule has 0 aromatic carbocycles. The Balaban J connectivity index is 1.38. The first-order valence-corrected chi connectivity index (χ1v) is 13.0. The average molecular weight is 461 g/mol. The van der Waals surface area contributed by atoms with Gasteiger partial charge in [0.25, 0.3) is 5.91 Å². The SMILES string of the molecule is CCCC1(C2CCN(C(=O)Cc3ccsc3)CC2)NC(=O)N(CCC2CCCN2C)C1=O. The number of hydrogen-bond acceptors (Lipinski definition) is 5. The standard InChI is InChI=1S/C24H36N4O3S/c1-3-10-24(19-6-12-27(13-7-19)21(29)16-18-9-15-32-17-18)22(30)28(23(31)25-24)14-8-20-5-4-11-26(20)2/h9,15,17,19-20H,3-8,10-14,16H2,1-2H3,(H,25,31). The number of rotatable bonds is 8. The maximum Gasteiger partial charge on any atom is 0.325 e. The summed E-state index contributed by atoms with van der Waals surface area (Å²) in [6.45, 7) is 4.94. The molecule has 0 bridgehead atoms. The molecule has 4 rings (SSSR count). The largest absolute Gasteiger partial charge is 0.342 e. The summed E-state index contributed by atoms with van der Waals surface area (Å²) in [6.07, 6.45) is 6.60. The third-order valence-corrected chi connectivity index (χ3v) is 8.42. The van der Waals surface area contributed by atoms with Crippen LogP contribution in [0.5, 0.6) is 0 Å². The molecule has 2 unspecified atom stereocenters. The zero-order valence-corrected chi connectivity index (χ0v) is 20.2. The van der Waals surface area contributed by atoms with Crippen LogP contribution >= 0.6 is 11.3 Å². The topological polar surface area (TPSA) is 73.0 Å². The van der Waals surface area contributed by atoms with Crippen LogP contribution in [-0.2, 0) is 16.0 Å². The molecule has 7 nitrogen and oxygen atoms in total. The second-order valence-electron chi connectivity index (χ2n) is 9.64. The van der Waals surface area contributed by atoms with E-state index in [4.69, 9.17) is 0 Å². The first-order valence-electron chi connectivity index (χ1n) is 12.1. The Hall–Kier alpha value is -1.93. The third kappa shape index (κ3) is 4.57. The Morgan fingerprint density at radius 3 is 2.62 bits per heavy atom. The summed E-state index contributed by atoms with van der Waals surface area (Å²) in [6, 6.07) is 2.21. The van der Waals surface area contributed by atoms with Crippen LogP contribution in [0, 0.1) is 5.92 Å². The molecular weight excluding hydrogens is 424 g/mol. The summed E-state index contributed by atoms with van der Waals surface area (Å²) in [7, 11) is 2.12. The van der Waals surface area contributed by atoms with E-state index in [1.807, 2.05) is 21.7 Å². The van der Waals surface area contributed by atoms with E-state index in [1.54, 1.807) is 11.3 Å². The maximum atomic E-state index is 13.6. The van der Waals surface area contributed by atoms with Crippen LogP contribution in [0.25, 0.3) is 0 Å². The predicted molar refractivity (Wildman–Crippen MR) is 125 cm³/mol. The Labute approximate surface area is 195 Å². The van der Waals surface area contributed by atoms with Crippen molar-refractivity contribution in [3.63, 3.8) is 0 Å². The van der Waals surface area contributed by atoms with Crippen LogP contribution in [0.4, 0.5) is 4.79 Å². The fourth-order valence-corrected chi connectivity index (χ4v) is 6.48. The lowest BCUT2D eigenvalue weighted by molar-refractivity contribution is -0.136. The molecule has 8 heteroatoms.